The SMILES string of the molecule is c1ccc(-c2ccc3ccccc3c2)c(Cc2c3ccccc3c(-c3cccc4oc5c(-c6cccc7ccccc67)cccc5c34)c3ccccc23)c1. The maximum absolute atomic E-state index is 6.86. The van der Waals surface area contributed by atoms with Crippen LogP contribution in [0.25, 0.3) is 98.4 Å². The minimum Gasteiger partial charge on any atom is -0.455 e. The van der Waals surface area contributed by atoms with Gasteiger partial charge < -0.3 is 4.42 Å². The normalized spacial score (nSPS) is 11.8. The molecule has 0 saturated heterocycles. The molecule has 0 aliphatic heterocycles. The number of furan rings is 1. The lowest BCUT2D eigenvalue weighted by molar-refractivity contribution is 0.670. The van der Waals surface area contributed by atoms with Gasteiger partial charge in [0.05, 0.1) is 0 Å². The molecule has 54 heavy (non-hydrogen) atoms. The summed E-state index contributed by atoms with van der Waals surface area (Å²) in [6.45, 7) is 0. The van der Waals surface area contributed by atoms with Crippen LogP contribution in [0.15, 0.2) is 199 Å². The van der Waals surface area contributed by atoms with Crippen molar-refractivity contribution >= 4 is 65.0 Å². The third-order valence-electron chi connectivity index (χ3n) is 11.4. The molecule has 11 aromatic rings. The van der Waals surface area contributed by atoms with Crippen LogP contribution in [0.4, 0.5) is 0 Å². The molecule has 1 heterocycles. The fourth-order valence-electron chi connectivity index (χ4n) is 8.93. The van der Waals surface area contributed by atoms with E-state index in [1.807, 2.05) is 0 Å². The van der Waals surface area contributed by atoms with Crippen LogP contribution in [0.2, 0.25) is 0 Å². The molecular formula is C53H34O. The van der Waals surface area contributed by atoms with Gasteiger partial charge in [-0.25, -0.2) is 0 Å². The van der Waals surface area contributed by atoms with Crippen molar-refractivity contribution in [1.82, 2.24) is 0 Å². The van der Waals surface area contributed by atoms with Gasteiger partial charge in [0.1, 0.15) is 11.2 Å². The third kappa shape index (κ3) is 4.79. The minimum absolute atomic E-state index is 0.817. The molecule has 0 saturated carbocycles. The van der Waals surface area contributed by atoms with Gasteiger partial charge in [-0.1, -0.05) is 182 Å². The zero-order valence-electron chi connectivity index (χ0n) is 29.6. The first kappa shape index (κ1) is 30.6. The highest BCUT2D eigenvalue weighted by molar-refractivity contribution is 6.23. The van der Waals surface area contributed by atoms with E-state index < -0.39 is 0 Å². The number of fused-ring (bicyclic) bond motifs is 7. The van der Waals surface area contributed by atoms with Gasteiger partial charge in [-0.15, -0.1) is 0 Å². The number of benzene rings is 10. The lowest BCUT2D eigenvalue weighted by atomic mass is 9.84. The molecule has 1 nitrogen and oxygen atoms in total. The molecule has 0 fully saturated rings. The lowest BCUT2D eigenvalue weighted by Gasteiger charge is -2.19. The van der Waals surface area contributed by atoms with Crippen LogP contribution in [-0.4, -0.2) is 0 Å². The quantitative estimate of drug-likeness (QED) is 0.164. The topological polar surface area (TPSA) is 13.1 Å². The summed E-state index contributed by atoms with van der Waals surface area (Å²) in [6, 6.07) is 70.6. The smallest absolute Gasteiger partial charge is 0.143 e. The van der Waals surface area contributed by atoms with Crippen LogP contribution in [0, 0.1) is 0 Å². The van der Waals surface area contributed by atoms with Crippen LogP contribution in [0.3, 0.4) is 0 Å². The van der Waals surface area contributed by atoms with Gasteiger partial charge in [-0.3, -0.25) is 0 Å². The van der Waals surface area contributed by atoms with Crippen LogP contribution in [0.1, 0.15) is 11.1 Å². The van der Waals surface area contributed by atoms with E-state index in [1.54, 1.807) is 0 Å². The first-order valence-electron chi connectivity index (χ1n) is 18.7. The van der Waals surface area contributed by atoms with Crippen molar-refractivity contribution in [3.63, 3.8) is 0 Å². The van der Waals surface area contributed by atoms with Crippen LogP contribution in [0.5, 0.6) is 0 Å². The molecule has 10 aromatic carbocycles. The average molecular weight is 687 g/mol. The van der Waals surface area contributed by atoms with Crippen molar-refractivity contribution in [3.8, 4) is 33.4 Å². The zero-order chi connectivity index (χ0) is 35.6. The molecule has 0 atom stereocenters. The minimum atomic E-state index is 0.817. The fourth-order valence-corrected chi connectivity index (χ4v) is 8.93. The van der Waals surface area contributed by atoms with Crippen molar-refractivity contribution in [1.29, 1.82) is 0 Å². The Balaban J connectivity index is 1.14. The highest BCUT2D eigenvalue weighted by Crippen LogP contribution is 2.47. The molecule has 0 amide bonds. The number of para-hydroxylation sites is 1. The monoisotopic (exact) mass is 686 g/mol. The molecular weight excluding hydrogens is 653 g/mol. The van der Waals surface area contributed by atoms with E-state index in [2.05, 4.69) is 194 Å². The predicted molar refractivity (Wildman–Crippen MR) is 229 cm³/mol. The lowest BCUT2D eigenvalue weighted by Crippen LogP contribution is -1.97. The maximum atomic E-state index is 6.86. The molecule has 0 radical (unpaired) electrons. The Morgan fingerprint density at radius 1 is 0.352 bits per heavy atom. The zero-order valence-corrected chi connectivity index (χ0v) is 29.6. The van der Waals surface area contributed by atoms with E-state index >= 15 is 0 Å². The van der Waals surface area contributed by atoms with Gasteiger partial charge in [0, 0.05) is 16.3 Å². The highest BCUT2D eigenvalue weighted by atomic mass is 16.3. The Morgan fingerprint density at radius 3 is 1.72 bits per heavy atom. The molecule has 11 rings (SSSR count). The van der Waals surface area contributed by atoms with E-state index in [9.17, 15) is 0 Å². The second-order valence-corrected chi connectivity index (χ2v) is 14.3. The summed E-state index contributed by atoms with van der Waals surface area (Å²) in [5, 5.41) is 12.3. The third-order valence-corrected chi connectivity index (χ3v) is 11.4. The Bertz CT molecular complexity index is 3190. The molecule has 0 aliphatic rings. The summed E-state index contributed by atoms with van der Waals surface area (Å²) in [7, 11) is 0. The predicted octanol–water partition coefficient (Wildman–Crippen LogP) is 14.8. The largest absolute Gasteiger partial charge is 0.455 e. The molecule has 1 aromatic heterocycles. The van der Waals surface area contributed by atoms with Crippen LogP contribution < -0.4 is 0 Å². The van der Waals surface area contributed by atoms with Crippen molar-refractivity contribution in [2.75, 3.05) is 0 Å². The van der Waals surface area contributed by atoms with E-state index in [-0.39, 0.29) is 0 Å². The molecule has 0 spiro atoms. The van der Waals surface area contributed by atoms with Gasteiger partial charge in [0.25, 0.3) is 0 Å². The van der Waals surface area contributed by atoms with Gasteiger partial charge in [-0.2, -0.15) is 0 Å². The summed E-state index contributed by atoms with van der Waals surface area (Å²) in [4.78, 5) is 0. The van der Waals surface area contributed by atoms with Gasteiger partial charge in [0.2, 0.25) is 0 Å². The summed E-state index contributed by atoms with van der Waals surface area (Å²) >= 11 is 0. The van der Waals surface area contributed by atoms with E-state index in [0.29, 0.717) is 0 Å². The molecule has 252 valence electrons. The Hall–Kier alpha value is -6.96. The Morgan fingerprint density at radius 2 is 0.907 bits per heavy atom. The van der Waals surface area contributed by atoms with Crippen molar-refractivity contribution in [2.45, 2.75) is 6.42 Å². The van der Waals surface area contributed by atoms with Gasteiger partial charge >= 0.3 is 0 Å². The first-order chi connectivity index (χ1) is 26.8. The number of hydrogen-bond acceptors (Lipinski definition) is 1. The number of hydrogen-bond donors (Lipinski definition) is 0. The first-order valence-corrected chi connectivity index (χ1v) is 18.7. The van der Waals surface area contributed by atoms with Crippen molar-refractivity contribution in [2.24, 2.45) is 0 Å². The molecule has 0 N–H and O–H groups in total. The second kappa shape index (κ2) is 12.3. The van der Waals surface area contributed by atoms with Crippen molar-refractivity contribution < 1.29 is 4.42 Å². The van der Waals surface area contributed by atoms with Crippen LogP contribution in [-0.2, 0) is 6.42 Å². The maximum Gasteiger partial charge on any atom is 0.143 e. The number of rotatable bonds is 5. The van der Waals surface area contributed by atoms with Crippen LogP contribution >= 0.6 is 0 Å². The van der Waals surface area contributed by atoms with Crippen molar-refractivity contribution in [3.05, 3.63) is 205 Å². The summed E-state index contributed by atoms with van der Waals surface area (Å²) < 4.78 is 6.86. The molecule has 1 heteroatoms. The fraction of sp³-hybridized carbons (Fsp3) is 0.0189. The van der Waals surface area contributed by atoms with E-state index in [0.717, 1.165) is 33.9 Å². The van der Waals surface area contributed by atoms with Gasteiger partial charge in [-0.05, 0) is 101 Å². The standard InChI is InChI=1S/C53H34O/c1-2-16-36-32-38(31-30-34(36)14-1)39-19-5-4-17-37(39)33-49-42-21-7-9-23-44(42)51(45-24-10-8-22-43(45)49)47-27-13-29-50-52(47)48-28-12-26-46(53(48)54-50)41-25-11-18-35-15-3-6-20-40(35)41/h1-32H,33H2. The molecule has 0 unspecified atom stereocenters. The molecule has 0 bridgehead atoms. The van der Waals surface area contributed by atoms with E-state index in [1.165, 1.54) is 82.0 Å². The average Bonchev–Trinajstić information content (AvgIpc) is 3.63. The summed E-state index contributed by atoms with van der Waals surface area (Å²) in [6.07, 6.45) is 0.817. The Labute approximate surface area is 313 Å². The second-order valence-electron chi connectivity index (χ2n) is 14.3. The summed E-state index contributed by atoms with van der Waals surface area (Å²) in [5.41, 5.74) is 11.7. The van der Waals surface area contributed by atoms with Gasteiger partial charge in [0.15, 0.2) is 0 Å². The van der Waals surface area contributed by atoms with E-state index in [4.69, 9.17) is 4.42 Å². The molecule has 0 aliphatic carbocycles. The Kier molecular flexibility index (Phi) is 7.00. The summed E-state index contributed by atoms with van der Waals surface area (Å²) in [5.74, 6) is 0. The highest BCUT2D eigenvalue weighted by Gasteiger charge is 2.22.